The molecule has 1 N–H and O–H groups in total. The van der Waals surface area contributed by atoms with Gasteiger partial charge in [0.15, 0.2) is 0 Å². The smallest absolute Gasteiger partial charge is 0.244 e. The fourth-order valence-corrected chi connectivity index (χ4v) is 3.29. The Labute approximate surface area is 175 Å². The predicted octanol–water partition coefficient (Wildman–Crippen LogP) is 5.11. The number of nitrogens with one attached hydrogen (secondary N) is 1. The highest BCUT2D eigenvalue weighted by molar-refractivity contribution is 5.91. The zero-order valence-corrected chi connectivity index (χ0v) is 16.5. The molecule has 0 spiro atoms. The Bertz CT molecular complexity index is 1160. The maximum Gasteiger partial charge on any atom is 0.244 e. The third-order valence-electron chi connectivity index (χ3n) is 4.78. The maximum atomic E-state index is 12.4. The summed E-state index contributed by atoms with van der Waals surface area (Å²) in [6.45, 7) is 0.471. The van der Waals surface area contributed by atoms with Crippen molar-refractivity contribution in [3.63, 3.8) is 0 Å². The van der Waals surface area contributed by atoms with Crippen molar-refractivity contribution >= 4 is 22.9 Å². The number of amides is 1. The van der Waals surface area contributed by atoms with Crippen molar-refractivity contribution in [2.75, 3.05) is 0 Å². The van der Waals surface area contributed by atoms with Crippen molar-refractivity contribution < 1.29 is 9.53 Å². The third-order valence-corrected chi connectivity index (χ3v) is 4.78. The monoisotopic (exact) mass is 394 g/mol. The number of rotatable bonds is 7. The molecule has 0 saturated carbocycles. The average molecular weight is 394 g/mol. The van der Waals surface area contributed by atoms with Gasteiger partial charge in [0.2, 0.25) is 5.91 Å². The van der Waals surface area contributed by atoms with E-state index >= 15 is 0 Å². The fraction of sp³-hybridized carbons (Fsp3) is 0.0769. The molecule has 4 aromatic carbocycles. The van der Waals surface area contributed by atoms with Crippen LogP contribution in [0.3, 0.4) is 0 Å². The number of carbonyl (C=O) groups excluding carboxylic acids is 1. The summed E-state index contributed by atoms with van der Waals surface area (Å²) in [5, 5.41) is 6.33. The number of benzene rings is 4. The number of carbonyl (C=O) groups is 1. The van der Waals surface area contributed by atoms with E-state index in [1.54, 1.807) is 6.21 Å². The van der Waals surface area contributed by atoms with E-state index in [0.29, 0.717) is 12.4 Å². The van der Waals surface area contributed by atoms with Gasteiger partial charge < -0.3 is 4.74 Å². The summed E-state index contributed by atoms with van der Waals surface area (Å²) in [5.41, 5.74) is 5.49. The molecule has 0 unspecified atom stereocenters. The molecule has 0 aliphatic rings. The number of nitrogens with zero attached hydrogens (tertiary/aromatic N) is 1. The Balaban J connectivity index is 1.39. The van der Waals surface area contributed by atoms with Crippen LogP contribution in [0.1, 0.15) is 16.7 Å². The van der Waals surface area contributed by atoms with Gasteiger partial charge in [-0.3, -0.25) is 4.79 Å². The Morgan fingerprint density at radius 1 is 0.833 bits per heavy atom. The molecule has 0 aromatic heterocycles. The average Bonchev–Trinajstić information content (AvgIpc) is 2.79. The van der Waals surface area contributed by atoms with Gasteiger partial charge in [0, 0.05) is 5.56 Å². The summed E-state index contributed by atoms with van der Waals surface area (Å²) in [6, 6.07) is 31.6. The van der Waals surface area contributed by atoms with Crippen LogP contribution in [-0.4, -0.2) is 12.1 Å². The zero-order chi connectivity index (χ0) is 20.6. The number of fused-ring (bicyclic) bond motifs is 1. The van der Waals surface area contributed by atoms with E-state index in [9.17, 15) is 4.79 Å². The molecule has 4 nitrogen and oxygen atoms in total. The van der Waals surface area contributed by atoms with E-state index in [2.05, 4.69) is 10.5 Å². The molecule has 0 fully saturated rings. The minimum absolute atomic E-state index is 0.162. The number of para-hydroxylation sites is 1. The quantitative estimate of drug-likeness (QED) is 0.350. The number of hydrazone groups is 1. The van der Waals surface area contributed by atoms with Gasteiger partial charge in [0.25, 0.3) is 0 Å². The standard InChI is InChI=1S/C26H22N2O2/c29-26(17-22-14-8-13-21-11-4-6-15-24(21)22)28-27-18-23-12-5-7-16-25(23)30-19-20-9-2-1-3-10-20/h1-16,18H,17,19H2,(H,28,29)/b27-18+. The van der Waals surface area contributed by atoms with Gasteiger partial charge in [0.1, 0.15) is 12.4 Å². The minimum atomic E-state index is -0.162. The topological polar surface area (TPSA) is 50.7 Å². The van der Waals surface area contributed by atoms with Crippen molar-refractivity contribution in [2.24, 2.45) is 5.10 Å². The highest BCUT2D eigenvalue weighted by Gasteiger charge is 2.06. The minimum Gasteiger partial charge on any atom is -0.488 e. The first-order chi connectivity index (χ1) is 14.8. The molecule has 0 heterocycles. The van der Waals surface area contributed by atoms with E-state index in [4.69, 9.17) is 4.74 Å². The maximum absolute atomic E-state index is 12.4. The van der Waals surface area contributed by atoms with Crippen LogP contribution in [0.5, 0.6) is 5.75 Å². The van der Waals surface area contributed by atoms with Crippen LogP contribution in [0.15, 0.2) is 102 Å². The molecule has 4 heteroatoms. The first-order valence-corrected chi connectivity index (χ1v) is 9.84. The molecule has 148 valence electrons. The SMILES string of the molecule is O=C(Cc1cccc2ccccc12)N/N=C/c1ccccc1OCc1ccccc1. The van der Waals surface area contributed by atoms with Gasteiger partial charge in [-0.2, -0.15) is 5.10 Å². The second-order valence-electron chi connectivity index (χ2n) is 6.92. The largest absolute Gasteiger partial charge is 0.488 e. The molecular formula is C26H22N2O2. The molecule has 0 radical (unpaired) electrons. The van der Waals surface area contributed by atoms with E-state index < -0.39 is 0 Å². The summed E-state index contributed by atoms with van der Waals surface area (Å²) in [5.74, 6) is 0.554. The molecule has 0 aliphatic heterocycles. The highest BCUT2D eigenvalue weighted by atomic mass is 16.5. The lowest BCUT2D eigenvalue weighted by Crippen LogP contribution is -2.20. The molecule has 1 amide bonds. The molecule has 0 bridgehead atoms. The van der Waals surface area contributed by atoms with Crippen LogP contribution in [-0.2, 0) is 17.8 Å². The van der Waals surface area contributed by atoms with Crippen molar-refractivity contribution in [3.8, 4) is 5.75 Å². The van der Waals surface area contributed by atoms with Crippen LogP contribution in [0, 0.1) is 0 Å². The third kappa shape index (κ3) is 4.92. The van der Waals surface area contributed by atoms with Gasteiger partial charge in [0.05, 0.1) is 12.6 Å². The first kappa shape index (κ1) is 19.4. The van der Waals surface area contributed by atoms with E-state index in [0.717, 1.165) is 27.5 Å². The van der Waals surface area contributed by atoms with E-state index in [1.807, 2.05) is 97.1 Å². The van der Waals surface area contributed by atoms with Crippen LogP contribution in [0.4, 0.5) is 0 Å². The van der Waals surface area contributed by atoms with Crippen molar-refractivity contribution in [2.45, 2.75) is 13.0 Å². The number of ether oxygens (including phenoxy) is 1. The van der Waals surface area contributed by atoms with Gasteiger partial charge in [-0.1, -0.05) is 84.9 Å². The molecule has 0 atom stereocenters. The molecule has 0 saturated heterocycles. The summed E-state index contributed by atoms with van der Waals surface area (Å²) < 4.78 is 5.92. The highest BCUT2D eigenvalue weighted by Crippen LogP contribution is 2.19. The Morgan fingerprint density at radius 3 is 2.47 bits per heavy atom. The van der Waals surface area contributed by atoms with Crippen LogP contribution in [0.25, 0.3) is 10.8 Å². The lowest BCUT2D eigenvalue weighted by molar-refractivity contribution is -0.120. The normalized spacial score (nSPS) is 10.9. The second-order valence-corrected chi connectivity index (χ2v) is 6.92. The van der Waals surface area contributed by atoms with Crippen LogP contribution >= 0.6 is 0 Å². The molecule has 0 aliphatic carbocycles. The van der Waals surface area contributed by atoms with Crippen molar-refractivity contribution in [3.05, 3.63) is 114 Å². The van der Waals surface area contributed by atoms with Gasteiger partial charge in [-0.25, -0.2) is 5.43 Å². The lowest BCUT2D eigenvalue weighted by Gasteiger charge is -2.09. The summed E-state index contributed by atoms with van der Waals surface area (Å²) in [7, 11) is 0. The predicted molar refractivity (Wildman–Crippen MR) is 121 cm³/mol. The van der Waals surface area contributed by atoms with E-state index in [1.165, 1.54) is 0 Å². The fourth-order valence-electron chi connectivity index (χ4n) is 3.29. The number of hydrogen-bond acceptors (Lipinski definition) is 3. The van der Waals surface area contributed by atoms with Gasteiger partial charge >= 0.3 is 0 Å². The molecule has 30 heavy (non-hydrogen) atoms. The van der Waals surface area contributed by atoms with E-state index in [-0.39, 0.29) is 12.3 Å². The van der Waals surface area contributed by atoms with Gasteiger partial charge in [-0.15, -0.1) is 0 Å². The first-order valence-electron chi connectivity index (χ1n) is 9.84. The van der Waals surface area contributed by atoms with Crippen molar-refractivity contribution in [1.29, 1.82) is 0 Å². The Morgan fingerprint density at radius 2 is 1.57 bits per heavy atom. The number of hydrogen-bond donors (Lipinski definition) is 1. The van der Waals surface area contributed by atoms with Gasteiger partial charge in [-0.05, 0) is 34.0 Å². The summed E-state index contributed by atoms with van der Waals surface area (Å²) in [6.07, 6.45) is 1.88. The van der Waals surface area contributed by atoms with Crippen LogP contribution < -0.4 is 10.2 Å². The molecule has 4 rings (SSSR count). The van der Waals surface area contributed by atoms with Crippen LogP contribution in [0.2, 0.25) is 0 Å². The van der Waals surface area contributed by atoms with Crippen molar-refractivity contribution in [1.82, 2.24) is 5.43 Å². The summed E-state index contributed by atoms with van der Waals surface area (Å²) >= 11 is 0. The Hall–Kier alpha value is -3.92. The second kappa shape index (κ2) is 9.52. The molecule has 4 aromatic rings. The molecular weight excluding hydrogens is 372 g/mol. The lowest BCUT2D eigenvalue weighted by atomic mass is 10.0. The Kier molecular flexibility index (Phi) is 6.16. The zero-order valence-electron chi connectivity index (χ0n) is 16.5. The summed E-state index contributed by atoms with van der Waals surface area (Å²) in [4.78, 5) is 12.4.